The van der Waals surface area contributed by atoms with Gasteiger partial charge in [-0.25, -0.2) is 4.79 Å². The van der Waals surface area contributed by atoms with Crippen molar-refractivity contribution in [1.82, 2.24) is 0 Å². The highest BCUT2D eigenvalue weighted by Crippen LogP contribution is 2.37. The predicted octanol–water partition coefficient (Wildman–Crippen LogP) is 4.43. The lowest BCUT2D eigenvalue weighted by Crippen LogP contribution is -2.37. The fourth-order valence-corrected chi connectivity index (χ4v) is 3.17. The highest BCUT2D eigenvalue weighted by atomic mass is 16.6. The van der Waals surface area contributed by atoms with Gasteiger partial charge in [0, 0.05) is 17.7 Å². The van der Waals surface area contributed by atoms with Crippen LogP contribution in [0.5, 0.6) is 5.75 Å². The molecule has 0 radical (unpaired) electrons. The normalized spacial score (nSPS) is 15.3. The lowest BCUT2D eigenvalue weighted by Gasteiger charge is -2.33. The average Bonchev–Trinajstić information content (AvgIpc) is 2.68. The Morgan fingerprint density at radius 2 is 1.81 bits per heavy atom. The summed E-state index contributed by atoms with van der Waals surface area (Å²) in [5.74, 6) is 5.06. The number of nitro groups is 1. The van der Waals surface area contributed by atoms with Gasteiger partial charge in [-0.2, -0.15) is 0 Å². The molecule has 0 aliphatic heterocycles. The molecule has 1 saturated carbocycles. The van der Waals surface area contributed by atoms with E-state index in [1.807, 2.05) is 30.3 Å². The molecule has 0 bridgehead atoms. The van der Waals surface area contributed by atoms with Crippen molar-refractivity contribution in [2.24, 2.45) is 0 Å². The lowest BCUT2D eigenvalue weighted by atomic mass is 9.84. The van der Waals surface area contributed by atoms with Crippen LogP contribution in [-0.2, 0) is 0 Å². The SMILES string of the molecule is O=C(O)c1ccc([N+](=O)[O-])c(OC2(C#Cc3ccccc3)CCCCC2)c1. The first-order valence-electron chi connectivity index (χ1n) is 8.78. The largest absolute Gasteiger partial charge is 0.478 e. The molecule has 138 valence electrons. The molecule has 0 saturated heterocycles. The number of carboxylic acids is 1. The van der Waals surface area contributed by atoms with Gasteiger partial charge in [-0.1, -0.05) is 36.5 Å². The van der Waals surface area contributed by atoms with E-state index in [9.17, 15) is 20.0 Å². The van der Waals surface area contributed by atoms with Crippen molar-refractivity contribution in [2.45, 2.75) is 37.7 Å². The fraction of sp³-hybridized carbons (Fsp3) is 0.286. The van der Waals surface area contributed by atoms with Crippen molar-refractivity contribution in [3.63, 3.8) is 0 Å². The molecular formula is C21H19NO5. The lowest BCUT2D eigenvalue weighted by molar-refractivity contribution is -0.386. The Labute approximate surface area is 156 Å². The third-order valence-corrected chi connectivity index (χ3v) is 4.58. The zero-order valence-electron chi connectivity index (χ0n) is 14.7. The standard InChI is InChI=1S/C21H19NO5/c23-20(24)17-9-10-18(22(25)26)19(15-17)27-21(12-5-2-6-13-21)14-11-16-7-3-1-4-8-16/h1,3-4,7-10,15H,2,5-6,12-13H2,(H,23,24). The highest BCUT2D eigenvalue weighted by Gasteiger charge is 2.35. The van der Waals surface area contributed by atoms with Crippen LogP contribution in [0.25, 0.3) is 0 Å². The van der Waals surface area contributed by atoms with Gasteiger partial charge in [0.15, 0.2) is 11.4 Å². The van der Waals surface area contributed by atoms with Crippen LogP contribution in [0.3, 0.4) is 0 Å². The number of nitrogens with zero attached hydrogens (tertiary/aromatic N) is 1. The molecule has 0 amide bonds. The predicted molar refractivity (Wildman–Crippen MR) is 99.8 cm³/mol. The summed E-state index contributed by atoms with van der Waals surface area (Å²) in [6, 6.07) is 13.0. The summed E-state index contributed by atoms with van der Waals surface area (Å²) in [6.07, 6.45) is 4.13. The Hall–Kier alpha value is -3.33. The zero-order chi connectivity index (χ0) is 19.3. The van der Waals surface area contributed by atoms with Crippen molar-refractivity contribution < 1.29 is 19.6 Å². The summed E-state index contributed by atoms with van der Waals surface area (Å²) in [6.45, 7) is 0. The van der Waals surface area contributed by atoms with Crippen molar-refractivity contribution in [2.75, 3.05) is 0 Å². The van der Waals surface area contributed by atoms with Crippen LogP contribution in [0.2, 0.25) is 0 Å². The van der Waals surface area contributed by atoms with Crippen LogP contribution in [0.15, 0.2) is 48.5 Å². The maximum atomic E-state index is 11.4. The number of nitro benzene ring substituents is 1. The summed E-state index contributed by atoms with van der Waals surface area (Å²) < 4.78 is 6.07. The van der Waals surface area contributed by atoms with E-state index in [-0.39, 0.29) is 17.0 Å². The molecule has 6 nitrogen and oxygen atoms in total. The van der Waals surface area contributed by atoms with Crippen LogP contribution in [-0.4, -0.2) is 21.6 Å². The van der Waals surface area contributed by atoms with Gasteiger partial charge in [0.1, 0.15) is 0 Å². The van der Waals surface area contributed by atoms with E-state index < -0.39 is 16.5 Å². The summed E-state index contributed by atoms with van der Waals surface area (Å²) in [5, 5.41) is 20.6. The van der Waals surface area contributed by atoms with E-state index >= 15 is 0 Å². The average molecular weight is 365 g/mol. The Balaban J connectivity index is 2.00. The van der Waals surface area contributed by atoms with E-state index in [2.05, 4.69) is 11.8 Å². The van der Waals surface area contributed by atoms with Crippen LogP contribution in [0.4, 0.5) is 5.69 Å². The van der Waals surface area contributed by atoms with Crippen LogP contribution in [0.1, 0.15) is 48.0 Å². The topological polar surface area (TPSA) is 89.7 Å². The maximum absolute atomic E-state index is 11.4. The van der Waals surface area contributed by atoms with Crippen molar-refractivity contribution in [1.29, 1.82) is 0 Å². The van der Waals surface area contributed by atoms with Crippen molar-refractivity contribution in [3.05, 3.63) is 69.8 Å². The molecular weight excluding hydrogens is 346 g/mol. The molecule has 0 atom stereocenters. The molecule has 1 aliphatic carbocycles. The first-order valence-corrected chi connectivity index (χ1v) is 8.78. The monoisotopic (exact) mass is 365 g/mol. The van der Waals surface area contributed by atoms with Gasteiger partial charge < -0.3 is 9.84 Å². The first kappa shape index (κ1) is 18.5. The molecule has 27 heavy (non-hydrogen) atoms. The second kappa shape index (κ2) is 7.92. The Bertz CT molecular complexity index is 905. The fourth-order valence-electron chi connectivity index (χ4n) is 3.17. The van der Waals surface area contributed by atoms with Gasteiger partial charge in [-0.05, 0) is 43.9 Å². The van der Waals surface area contributed by atoms with Crippen molar-refractivity contribution in [3.8, 4) is 17.6 Å². The van der Waals surface area contributed by atoms with E-state index in [4.69, 9.17) is 4.74 Å². The molecule has 2 aromatic rings. The minimum absolute atomic E-state index is 0.0517. The number of ether oxygens (including phenoxy) is 1. The number of rotatable bonds is 4. The van der Waals surface area contributed by atoms with E-state index in [0.29, 0.717) is 12.8 Å². The molecule has 1 N–H and O–H groups in total. The Morgan fingerprint density at radius 1 is 1.11 bits per heavy atom. The van der Waals surface area contributed by atoms with Gasteiger partial charge in [0.25, 0.3) is 0 Å². The third-order valence-electron chi connectivity index (χ3n) is 4.58. The van der Waals surface area contributed by atoms with E-state index in [1.54, 1.807) is 0 Å². The Kier molecular flexibility index (Phi) is 5.41. The second-order valence-electron chi connectivity index (χ2n) is 6.52. The summed E-state index contributed by atoms with van der Waals surface area (Å²) in [4.78, 5) is 22.1. The summed E-state index contributed by atoms with van der Waals surface area (Å²) >= 11 is 0. The van der Waals surface area contributed by atoms with Gasteiger partial charge >= 0.3 is 11.7 Å². The summed E-state index contributed by atoms with van der Waals surface area (Å²) in [7, 11) is 0. The minimum Gasteiger partial charge on any atom is -0.478 e. The quantitative estimate of drug-likeness (QED) is 0.492. The van der Waals surface area contributed by atoms with Gasteiger partial charge in [-0.15, -0.1) is 0 Å². The van der Waals surface area contributed by atoms with Gasteiger partial charge in [0.2, 0.25) is 0 Å². The molecule has 0 aromatic heterocycles. The molecule has 3 rings (SSSR count). The van der Waals surface area contributed by atoms with Gasteiger partial charge in [0.05, 0.1) is 10.5 Å². The minimum atomic E-state index is -1.16. The summed E-state index contributed by atoms with van der Waals surface area (Å²) in [5.41, 5.74) is -0.348. The smallest absolute Gasteiger partial charge is 0.335 e. The molecule has 6 heteroatoms. The maximum Gasteiger partial charge on any atom is 0.335 e. The number of benzene rings is 2. The number of aromatic carboxylic acids is 1. The van der Waals surface area contributed by atoms with Crippen LogP contribution in [0, 0.1) is 22.0 Å². The van der Waals surface area contributed by atoms with Gasteiger partial charge in [-0.3, -0.25) is 10.1 Å². The second-order valence-corrected chi connectivity index (χ2v) is 6.52. The van der Waals surface area contributed by atoms with Crippen LogP contribution < -0.4 is 4.74 Å². The molecule has 2 aromatic carbocycles. The Morgan fingerprint density at radius 3 is 2.44 bits per heavy atom. The molecule has 0 heterocycles. The molecule has 1 fully saturated rings. The number of hydrogen-bond acceptors (Lipinski definition) is 4. The number of hydrogen-bond donors (Lipinski definition) is 1. The zero-order valence-corrected chi connectivity index (χ0v) is 14.7. The van der Waals surface area contributed by atoms with E-state index in [1.165, 1.54) is 18.2 Å². The first-order chi connectivity index (χ1) is 13.0. The van der Waals surface area contributed by atoms with Crippen LogP contribution >= 0.6 is 0 Å². The van der Waals surface area contributed by atoms with Crippen molar-refractivity contribution >= 4 is 11.7 Å². The number of carbonyl (C=O) groups is 1. The molecule has 0 spiro atoms. The third kappa shape index (κ3) is 4.45. The van der Waals surface area contributed by atoms with E-state index in [0.717, 1.165) is 24.8 Å². The highest BCUT2D eigenvalue weighted by molar-refractivity contribution is 5.88. The number of carboxylic acid groups (broad SMARTS) is 1. The molecule has 1 aliphatic rings. The molecule has 0 unspecified atom stereocenters.